The number of benzene rings is 2. The molecular weight excluding hydrogens is 440 g/mol. The number of nitrogens with zero attached hydrogens (tertiary/aromatic N) is 1. The third-order valence-electron chi connectivity index (χ3n) is 4.85. The minimum atomic E-state index is -0.800. The number of hydrazine groups is 1. The van der Waals surface area contributed by atoms with Crippen molar-refractivity contribution in [3.8, 4) is 11.5 Å². The van der Waals surface area contributed by atoms with Crippen molar-refractivity contribution in [2.75, 3.05) is 27.4 Å². The van der Waals surface area contributed by atoms with Crippen LogP contribution in [0.5, 0.6) is 11.5 Å². The molecule has 1 fully saturated rings. The number of amides is 2. The van der Waals surface area contributed by atoms with Gasteiger partial charge in [-0.05, 0) is 42.5 Å². The molecule has 3 rings (SSSR count). The van der Waals surface area contributed by atoms with Gasteiger partial charge in [0.2, 0.25) is 5.91 Å². The Hall–Kier alpha value is -3.59. The predicted octanol–water partition coefficient (Wildman–Crippen LogP) is 2.28. The summed E-state index contributed by atoms with van der Waals surface area (Å²) in [5, 5.41) is 1.55. The van der Waals surface area contributed by atoms with Gasteiger partial charge in [0.15, 0.2) is 23.9 Å². The fraction of sp³-hybridized carbons (Fsp3) is 0.273. The molecule has 9 nitrogen and oxygen atoms in total. The van der Waals surface area contributed by atoms with E-state index >= 15 is 0 Å². The molecule has 2 aromatic carbocycles. The Balaban J connectivity index is 1.55. The van der Waals surface area contributed by atoms with Crippen LogP contribution in [0.2, 0.25) is 5.02 Å². The number of ketones is 1. The first-order chi connectivity index (χ1) is 15.3. The van der Waals surface area contributed by atoms with Gasteiger partial charge in [-0.2, -0.15) is 0 Å². The zero-order chi connectivity index (χ0) is 23.3. The molecule has 0 saturated carbocycles. The molecule has 1 heterocycles. The topological polar surface area (TPSA) is 111 Å². The van der Waals surface area contributed by atoms with Gasteiger partial charge >= 0.3 is 5.97 Å². The average Bonchev–Trinajstić information content (AvgIpc) is 3.17. The van der Waals surface area contributed by atoms with Crippen LogP contribution in [-0.2, 0) is 14.3 Å². The Morgan fingerprint density at radius 1 is 1.03 bits per heavy atom. The van der Waals surface area contributed by atoms with Crippen molar-refractivity contribution in [1.29, 1.82) is 0 Å². The largest absolute Gasteiger partial charge is 0.493 e. The number of esters is 1. The van der Waals surface area contributed by atoms with Crippen LogP contribution >= 0.6 is 11.6 Å². The molecule has 32 heavy (non-hydrogen) atoms. The lowest BCUT2D eigenvalue weighted by atomic mass is 10.1. The van der Waals surface area contributed by atoms with Crippen LogP contribution in [0.15, 0.2) is 42.5 Å². The first-order valence-corrected chi connectivity index (χ1v) is 9.99. The van der Waals surface area contributed by atoms with E-state index in [0.717, 1.165) is 5.01 Å². The lowest BCUT2D eigenvalue weighted by molar-refractivity contribution is -0.147. The number of hydrogen-bond donors (Lipinski definition) is 1. The van der Waals surface area contributed by atoms with Crippen molar-refractivity contribution in [2.45, 2.75) is 6.42 Å². The van der Waals surface area contributed by atoms with E-state index in [-0.39, 0.29) is 18.5 Å². The maximum absolute atomic E-state index is 12.5. The minimum Gasteiger partial charge on any atom is -0.493 e. The summed E-state index contributed by atoms with van der Waals surface area (Å²) in [6.45, 7) is -0.519. The minimum absolute atomic E-state index is 0.0637. The summed E-state index contributed by atoms with van der Waals surface area (Å²) in [5.74, 6) is -2.05. The van der Waals surface area contributed by atoms with Crippen LogP contribution in [-0.4, -0.2) is 55.9 Å². The fourth-order valence-electron chi connectivity index (χ4n) is 3.11. The van der Waals surface area contributed by atoms with Crippen LogP contribution in [0.25, 0.3) is 0 Å². The highest BCUT2D eigenvalue weighted by molar-refractivity contribution is 6.30. The van der Waals surface area contributed by atoms with Crippen molar-refractivity contribution in [2.24, 2.45) is 5.92 Å². The second kappa shape index (κ2) is 10.1. The number of nitrogens with one attached hydrogen (secondary N) is 1. The van der Waals surface area contributed by atoms with Crippen LogP contribution in [0, 0.1) is 5.92 Å². The fourth-order valence-corrected chi connectivity index (χ4v) is 3.24. The molecule has 1 saturated heterocycles. The lowest BCUT2D eigenvalue weighted by Crippen LogP contribution is -2.43. The van der Waals surface area contributed by atoms with Crippen molar-refractivity contribution < 1.29 is 33.4 Å². The summed E-state index contributed by atoms with van der Waals surface area (Å²) in [4.78, 5) is 49.2. The van der Waals surface area contributed by atoms with Crippen molar-refractivity contribution in [3.05, 3.63) is 58.6 Å². The summed E-state index contributed by atoms with van der Waals surface area (Å²) in [5.41, 5.74) is 3.08. The summed E-state index contributed by atoms with van der Waals surface area (Å²) in [6, 6.07) is 10.7. The number of rotatable bonds is 8. The van der Waals surface area contributed by atoms with Gasteiger partial charge < -0.3 is 14.2 Å². The molecule has 168 valence electrons. The molecule has 0 spiro atoms. The highest BCUT2D eigenvalue weighted by Gasteiger charge is 2.36. The smallest absolute Gasteiger partial charge is 0.311 e. The first kappa shape index (κ1) is 23.1. The van der Waals surface area contributed by atoms with E-state index in [1.807, 2.05) is 0 Å². The highest BCUT2D eigenvalue weighted by atomic mass is 35.5. The number of Topliss-reactive ketones (excluding diaryl/α,β-unsaturated/α-hetero) is 1. The van der Waals surface area contributed by atoms with Gasteiger partial charge in [-0.1, -0.05) is 11.6 Å². The maximum atomic E-state index is 12.5. The predicted molar refractivity (Wildman–Crippen MR) is 114 cm³/mol. The third kappa shape index (κ3) is 5.36. The van der Waals surface area contributed by atoms with Crippen LogP contribution in [0.3, 0.4) is 0 Å². The van der Waals surface area contributed by atoms with Crippen molar-refractivity contribution >= 4 is 35.2 Å². The van der Waals surface area contributed by atoms with Crippen LogP contribution in [0.1, 0.15) is 27.1 Å². The molecule has 10 heteroatoms. The van der Waals surface area contributed by atoms with Gasteiger partial charge in [0, 0.05) is 22.6 Å². The van der Waals surface area contributed by atoms with Gasteiger partial charge in [-0.15, -0.1) is 0 Å². The molecule has 2 amide bonds. The zero-order valence-electron chi connectivity index (χ0n) is 17.4. The van der Waals surface area contributed by atoms with E-state index in [1.54, 1.807) is 18.2 Å². The molecule has 1 unspecified atom stereocenters. The number of halogens is 1. The van der Waals surface area contributed by atoms with Gasteiger partial charge in [0.1, 0.15) is 0 Å². The molecule has 1 aliphatic rings. The monoisotopic (exact) mass is 460 g/mol. The number of carbonyl (C=O) groups excluding carboxylic acids is 4. The first-order valence-electron chi connectivity index (χ1n) is 9.61. The average molecular weight is 461 g/mol. The van der Waals surface area contributed by atoms with E-state index in [4.69, 9.17) is 25.8 Å². The normalized spacial score (nSPS) is 15.3. The maximum Gasteiger partial charge on any atom is 0.311 e. The third-order valence-corrected chi connectivity index (χ3v) is 5.10. The van der Waals surface area contributed by atoms with Crippen molar-refractivity contribution in [1.82, 2.24) is 10.4 Å². The molecular formula is C22H21ClN2O7. The Morgan fingerprint density at radius 3 is 2.34 bits per heavy atom. The van der Waals surface area contributed by atoms with Crippen LogP contribution in [0.4, 0.5) is 0 Å². The van der Waals surface area contributed by atoms with E-state index in [1.165, 1.54) is 38.5 Å². The van der Waals surface area contributed by atoms with E-state index in [2.05, 4.69) is 5.43 Å². The second-order valence-electron chi connectivity index (χ2n) is 6.95. The highest BCUT2D eigenvalue weighted by Crippen LogP contribution is 2.27. The van der Waals surface area contributed by atoms with E-state index in [9.17, 15) is 19.2 Å². The Labute approximate surface area is 189 Å². The van der Waals surface area contributed by atoms with Crippen molar-refractivity contribution in [3.63, 3.8) is 0 Å². The molecule has 0 aliphatic carbocycles. The molecule has 0 aromatic heterocycles. The van der Waals surface area contributed by atoms with E-state index in [0.29, 0.717) is 22.1 Å². The molecule has 0 bridgehead atoms. The Bertz CT molecular complexity index is 1040. The quantitative estimate of drug-likeness (QED) is 0.475. The number of hydrogen-bond acceptors (Lipinski definition) is 7. The molecule has 0 radical (unpaired) electrons. The van der Waals surface area contributed by atoms with Gasteiger partial charge in [0.05, 0.1) is 26.7 Å². The molecule has 1 aliphatic heterocycles. The van der Waals surface area contributed by atoms with Gasteiger partial charge in [0.25, 0.3) is 5.91 Å². The standard InChI is InChI=1S/C22H21ClN2O7/c1-30-18-8-5-14(9-19(18)31-2)21(28)24-25-11-15(10-20(25)27)22(29)32-12-17(26)13-3-6-16(23)7-4-13/h3-9,15H,10-12H2,1-2H3,(H,24,28). The van der Waals surface area contributed by atoms with Gasteiger partial charge in [-0.3, -0.25) is 29.6 Å². The summed E-state index contributed by atoms with van der Waals surface area (Å²) >= 11 is 5.79. The zero-order valence-corrected chi connectivity index (χ0v) is 18.2. The van der Waals surface area contributed by atoms with Crippen LogP contribution < -0.4 is 14.9 Å². The SMILES string of the molecule is COc1ccc(C(=O)NN2CC(C(=O)OCC(=O)c3ccc(Cl)cc3)CC2=O)cc1OC. The van der Waals surface area contributed by atoms with Gasteiger partial charge in [-0.25, -0.2) is 0 Å². The summed E-state index contributed by atoms with van der Waals surface area (Å²) < 4.78 is 15.4. The number of methoxy groups -OCH3 is 2. The summed E-state index contributed by atoms with van der Waals surface area (Å²) in [6.07, 6.45) is -0.139. The van der Waals surface area contributed by atoms with E-state index < -0.39 is 36.1 Å². The molecule has 1 N–H and O–H groups in total. The Morgan fingerprint density at radius 2 is 1.69 bits per heavy atom. The number of carbonyl (C=O) groups is 4. The second-order valence-corrected chi connectivity index (χ2v) is 7.39. The molecule has 1 atom stereocenters. The molecule has 2 aromatic rings. The Kier molecular flexibility index (Phi) is 7.32. The lowest BCUT2D eigenvalue weighted by Gasteiger charge is -2.18. The number of ether oxygens (including phenoxy) is 3. The summed E-state index contributed by atoms with van der Waals surface area (Å²) in [7, 11) is 2.92.